The van der Waals surface area contributed by atoms with E-state index in [0.29, 0.717) is 6.41 Å². The summed E-state index contributed by atoms with van der Waals surface area (Å²) < 4.78 is 3.74. The summed E-state index contributed by atoms with van der Waals surface area (Å²) >= 11 is 0.847. The van der Waals surface area contributed by atoms with E-state index in [1.165, 1.54) is 0 Å². The fraction of sp³-hybridized carbons (Fsp3) is 0.545. The molecular weight excluding hydrogens is 314 g/mol. The molecule has 0 fully saturated rings. The molecule has 0 saturated heterocycles. The van der Waals surface area contributed by atoms with Gasteiger partial charge in [-0.05, 0) is 20.8 Å². The van der Waals surface area contributed by atoms with E-state index in [4.69, 9.17) is 20.5 Å². The smallest absolute Gasteiger partial charge is 0.362 e. The Labute approximate surface area is 130 Å². The lowest BCUT2D eigenvalue weighted by Crippen LogP contribution is -2.35. The molecule has 0 radical (unpaired) electrons. The first-order valence-corrected chi connectivity index (χ1v) is 6.94. The number of carbonyl (C=O) groups is 2. The normalized spacial score (nSPS) is 12.0. The summed E-state index contributed by atoms with van der Waals surface area (Å²) in [6.45, 7) is 5.35. The second-order valence-corrected chi connectivity index (χ2v) is 5.77. The number of hydrogen-bond acceptors (Lipinski definition) is 9. The number of nitrogens with zero attached hydrogens (tertiary/aromatic N) is 4. The van der Waals surface area contributed by atoms with Crippen LogP contribution >= 0.6 is 11.5 Å². The number of anilines is 1. The number of hydrogen-bond donors (Lipinski definition) is 2. The minimum atomic E-state index is -1.35. The molecule has 0 bridgehead atoms. The molecule has 0 atom stereocenters. The quantitative estimate of drug-likeness (QED) is 0.296. The second-order valence-electron chi connectivity index (χ2n) is 4.98. The average Bonchev–Trinajstić information content (AvgIpc) is 2.81. The number of aliphatic carboxylic acids is 1. The summed E-state index contributed by atoms with van der Waals surface area (Å²) in [7, 11) is 0. The standard InChI is InChI=1S/C11H17N5O5S/c1-11(2,3)21-16(6-17)4-5-20-14-7(9(18)19)8-13-10(12)22-15-8/h6H,4-5H2,1-3H3,(H,18,19)(H2,12,13,15). The zero-order valence-corrected chi connectivity index (χ0v) is 13.2. The van der Waals surface area contributed by atoms with Gasteiger partial charge in [0.15, 0.2) is 5.13 Å². The van der Waals surface area contributed by atoms with Crippen LogP contribution in [0.4, 0.5) is 5.13 Å². The van der Waals surface area contributed by atoms with Crippen LogP contribution in [0.15, 0.2) is 5.16 Å². The minimum Gasteiger partial charge on any atom is -0.476 e. The molecule has 11 heteroatoms. The van der Waals surface area contributed by atoms with E-state index < -0.39 is 17.3 Å². The van der Waals surface area contributed by atoms with Gasteiger partial charge in [-0.2, -0.15) is 9.36 Å². The van der Waals surface area contributed by atoms with Crippen molar-refractivity contribution >= 4 is 34.8 Å². The number of oxime groups is 1. The van der Waals surface area contributed by atoms with Crippen molar-refractivity contribution in [3.05, 3.63) is 5.82 Å². The Kier molecular flexibility index (Phi) is 6.19. The fourth-order valence-corrected chi connectivity index (χ4v) is 1.65. The number of nitrogen functional groups attached to an aromatic ring is 1. The van der Waals surface area contributed by atoms with Gasteiger partial charge >= 0.3 is 5.97 Å². The lowest BCUT2D eigenvalue weighted by Gasteiger charge is -2.26. The van der Waals surface area contributed by atoms with E-state index >= 15 is 0 Å². The summed E-state index contributed by atoms with van der Waals surface area (Å²) in [6.07, 6.45) is 0.499. The number of aromatic nitrogens is 2. The first kappa shape index (κ1) is 17.8. The predicted molar refractivity (Wildman–Crippen MR) is 78.1 cm³/mol. The van der Waals surface area contributed by atoms with E-state index in [0.717, 1.165) is 16.6 Å². The summed E-state index contributed by atoms with van der Waals surface area (Å²) in [6, 6.07) is 0. The second kappa shape index (κ2) is 7.66. The number of carbonyl (C=O) groups excluding carboxylic acids is 1. The minimum absolute atomic E-state index is 0.0643. The highest BCUT2D eigenvalue weighted by molar-refractivity contribution is 7.09. The molecule has 1 aromatic heterocycles. The summed E-state index contributed by atoms with van der Waals surface area (Å²) in [4.78, 5) is 35.8. The number of carboxylic acids is 1. The molecule has 1 amide bonds. The van der Waals surface area contributed by atoms with Gasteiger partial charge in [-0.1, -0.05) is 5.16 Å². The van der Waals surface area contributed by atoms with Crippen LogP contribution in [0.5, 0.6) is 0 Å². The van der Waals surface area contributed by atoms with Crippen LogP contribution in [0.2, 0.25) is 0 Å². The van der Waals surface area contributed by atoms with Crippen molar-refractivity contribution in [2.24, 2.45) is 5.16 Å². The molecule has 0 aliphatic carbocycles. The Hall–Kier alpha value is -2.27. The number of amides is 1. The van der Waals surface area contributed by atoms with Gasteiger partial charge in [-0.3, -0.25) is 9.63 Å². The zero-order valence-electron chi connectivity index (χ0n) is 12.3. The molecule has 22 heavy (non-hydrogen) atoms. The Bertz CT molecular complexity index is 553. The third-order valence-electron chi connectivity index (χ3n) is 1.92. The maximum Gasteiger partial charge on any atom is 0.362 e. The topological polar surface area (TPSA) is 140 Å². The van der Waals surface area contributed by atoms with Gasteiger partial charge in [0.1, 0.15) is 6.61 Å². The highest BCUT2D eigenvalue weighted by Gasteiger charge is 2.19. The lowest BCUT2D eigenvalue weighted by molar-refractivity contribution is -0.219. The van der Waals surface area contributed by atoms with E-state index in [-0.39, 0.29) is 24.1 Å². The third kappa shape index (κ3) is 6.01. The van der Waals surface area contributed by atoms with Gasteiger partial charge < -0.3 is 15.7 Å². The van der Waals surface area contributed by atoms with Crippen LogP contribution in [0.1, 0.15) is 26.6 Å². The number of hydroxylamine groups is 2. The molecule has 1 aromatic rings. The number of carboxylic acid groups (broad SMARTS) is 1. The molecule has 0 aliphatic heterocycles. The molecule has 1 rings (SSSR count). The number of rotatable bonds is 8. The molecule has 0 spiro atoms. The van der Waals surface area contributed by atoms with Crippen LogP contribution in [0, 0.1) is 0 Å². The molecule has 0 aliphatic rings. The summed E-state index contributed by atoms with van der Waals surface area (Å²) in [5, 5.41) is 13.6. The molecule has 10 nitrogen and oxygen atoms in total. The molecule has 0 saturated carbocycles. The first-order chi connectivity index (χ1) is 10.2. The average molecular weight is 331 g/mol. The maximum atomic E-state index is 11.1. The highest BCUT2D eigenvalue weighted by atomic mass is 32.1. The Morgan fingerprint density at radius 3 is 2.68 bits per heavy atom. The van der Waals surface area contributed by atoms with E-state index in [9.17, 15) is 9.59 Å². The van der Waals surface area contributed by atoms with E-state index in [1.807, 2.05) is 0 Å². The van der Waals surface area contributed by atoms with Crippen LogP contribution in [0.3, 0.4) is 0 Å². The van der Waals surface area contributed by atoms with E-state index in [1.54, 1.807) is 20.8 Å². The molecular formula is C11H17N5O5S. The Morgan fingerprint density at radius 1 is 1.55 bits per heavy atom. The van der Waals surface area contributed by atoms with Gasteiger partial charge in [-0.15, -0.1) is 0 Å². The Balaban J connectivity index is 2.58. The van der Waals surface area contributed by atoms with Gasteiger partial charge in [0, 0.05) is 11.5 Å². The highest BCUT2D eigenvalue weighted by Crippen LogP contribution is 2.09. The van der Waals surface area contributed by atoms with E-state index in [2.05, 4.69) is 14.5 Å². The zero-order chi connectivity index (χ0) is 16.8. The fourth-order valence-electron chi connectivity index (χ4n) is 1.22. The van der Waals surface area contributed by atoms with Crippen LogP contribution in [0.25, 0.3) is 0 Å². The Morgan fingerprint density at radius 2 is 2.23 bits per heavy atom. The van der Waals surface area contributed by atoms with Gasteiger partial charge in [0.2, 0.25) is 17.9 Å². The lowest BCUT2D eigenvalue weighted by atomic mass is 10.2. The predicted octanol–water partition coefficient (Wildman–Crippen LogP) is 0.114. The van der Waals surface area contributed by atoms with Crippen molar-refractivity contribution in [3.63, 3.8) is 0 Å². The molecule has 0 aromatic carbocycles. The van der Waals surface area contributed by atoms with Crippen molar-refractivity contribution < 1.29 is 24.4 Å². The van der Waals surface area contributed by atoms with Crippen molar-refractivity contribution in [2.75, 3.05) is 18.9 Å². The third-order valence-corrected chi connectivity index (χ3v) is 2.47. The van der Waals surface area contributed by atoms with Crippen LogP contribution in [-0.2, 0) is 19.3 Å². The molecule has 122 valence electrons. The largest absolute Gasteiger partial charge is 0.476 e. The van der Waals surface area contributed by atoms with Crippen LogP contribution in [-0.4, -0.2) is 56.4 Å². The maximum absolute atomic E-state index is 11.1. The summed E-state index contributed by atoms with van der Waals surface area (Å²) in [5.74, 6) is -1.48. The summed E-state index contributed by atoms with van der Waals surface area (Å²) in [5.41, 5.74) is 4.37. The monoisotopic (exact) mass is 331 g/mol. The molecule has 1 heterocycles. The number of nitrogens with two attached hydrogens (primary N) is 1. The van der Waals surface area contributed by atoms with Gasteiger partial charge in [-0.25, -0.2) is 9.86 Å². The van der Waals surface area contributed by atoms with Crippen molar-refractivity contribution in [1.82, 2.24) is 14.4 Å². The van der Waals surface area contributed by atoms with Crippen molar-refractivity contribution in [3.8, 4) is 0 Å². The van der Waals surface area contributed by atoms with Crippen LogP contribution < -0.4 is 5.73 Å². The van der Waals surface area contributed by atoms with Gasteiger partial charge in [0.25, 0.3) is 0 Å². The first-order valence-electron chi connectivity index (χ1n) is 6.17. The van der Waals surface area contributed by atoms with Gasteiger partial charge in [0.05, 0.1) is 12.1 Å². The van der Waals surface area contributed by atoms with Crippen molar-refractivity contribution in [2.45, 2.75) is 26.4 Å². The molecule has 0 unspecified atom stereocenters. The van der Waals surface area contributed by atoms with Crippen molar-refractivity contribution in [1.29, 1.82) is 0 Å². The SMILES string of the molecule is CC(C)(C)ON(C=O)CCON=C(C(=O)O)c1nsc(N)n1. The molecule has 3 N–H and O–H groups in total.